The van der Waals surface area contributed by atoms with E-state index in [9.17, 15) is 10.1 Å². The van der Waals surface area contributed by atoms with Crippen molar-refractivity contribution in [1.29, 1.82) is 0 Å². The third-order valence-electron chi connectivity index (χ3n) is 3.87. The molecule has 0 aromatic heterocycles. The molecular weight excluding hydrogens is 288 g/mol. The Labute approximate surface area is 127 Å². The highest BCUT2D eigenvalue weighted by Gasteiger charge is 2.20. The monoisotopic (exact) mass is 302 g/mol. The van der Waals surface area contributed by atoms with Crippen molar-refractivity contribution < 1.29 is 4.92 Å². The summed E-state index contributed by atoms with van der Waals surface area (Å²) >= 11 is 6.11. The summed E-state index contributed by atoms with van der Waals surface area (Å²) in [6, 6.07) is 13.3. The van der Waals surface area contributed by atoms with Crippen LogP contribution in [0.5, 0.6) is 0 Å². The number of nitrogens with zero attached hydrogens (tertiary/aromatic N) is 1. The predicted molar refractivity (Wildman–Crippen MR) is 82.6 cm³/mol. The molecule has 0 spiro atoms. The van der Waals surface area contributed by atoms with Crippen LogP contribution in [0.2, 0.25) is 5.02 Å². The molecule has 0 fully saturated rings. The van der Waals surface area contributed by atoms with Crippen molar-refractivity contribution in [3.63, 3.8) is 0 Å². The van der Waals surface area contributed by atoms with Crippen LogP contribution in [0.4, 0.5) is 5.69 Å². The standard InChI is InChI=1S/C16H15ClN2O2/c17-16-6-5-15(19(20)21)9-13(16)10-18-14-7-11-3-1-2-4-12(11)8-14/h1-6,9,14,18H,7-8,10H2. The van der Waals surface area contributed by atoms with Gasteiger partial charge in [0.05, 0.1) is 4.92 Å². The van der Waals surface area contributed by atoms with Gasteiger partial charge in [0.25, 0.3) is 5.69 Å². The Morgan fingerprint density at radius 1 is 1.19 bits per heavy atom. The molecule has 0 amide bonds. The van der Waals surface area contributed by atoms with Gasteiger partial charge in [0.2, 0.25) is 0 Å². The van der Waals surface area contributed by atoms with Gasteiger partial charge in [-0.25, -0.2) is 0 Å². The van der Waals surface area contributed by atoms with E-state index in [4.69, 9.17) is 11.6 Å². The maximum atomic E-state index is 10.8. The molecule has 0 aliphatic heterocycles. The smallest absolute Gasteiger partial charge is 0.269 e. The van der Waals surface area contributed by atoms with Crippen LogP contribution in [-0.2, 0) is 19.4 Å². The lowest BCUT2D eigenvalue weighted by molar-refractivity contribution is -0.384. The zero-order chi connectivity index (χ0) is 14.8. The molecule has 2 aromatic carbocycles. The van der Waals surface area contributed by atoms with Crippen molar-refractivity contribution in [2.45, 2.75) is 25.4 Å². The summed E-state index contributed by atoms with van der Waals surface area (Å²) in [5.74, 6) is 0. The fourth-order valence-corrected chi connectivity index (χ4v) is 2.95. The van der Waals surface area contributed by atoms with E-state index in [1.807, 2.05) is 0 Å². The van der Waals surface area contributed by atoms with Gasteiger partial charge in [-0.1, -0.05) is 35.9 Å². The molecule has 108 valence electrons. The minimum absolute atomic E-state index is 0.0749. The molecule has 0 bridgehead atoms. The first kappa shape index (κ1) is 14.0. The Hall–Kier alpha value is -1.91. The molecule has 1 N–H and O–H groups in total. The number of non-ortho nitro benzene ring substituents is 1. The average Bonchev–Trinajstić information content (AvgIpc) is 2.89. The second kappa shape index (κ2) is 5.84. The number of nitrogens with one attached hydrogen (secondary N) is 1. The number of rotatable bonds is 4. The van der Waals surface area contributed by atoms with E-state index in [0.29, 0.717) is 17.6 Å². The highest BCUT2D eigenvalue weighted by atomic mass is 35.5. The van der Waals surface area contributed by atoms with E-state index in [1.165, 1.54) is 23.3 Å². The summed E-state index contributed by atoms with van der Waals surface area (Å²) in [6.07, 6.45) is 1.98. The molecule has 21 heavy (non-hydrogen) atoms. The van der Waals surface area contributed by atoms with Crippen molar-refractivity contribution in [3.8, 4) is 0 Å². The van der Waals surface area contributed by atoms with Gasteiger partial charge in [-0.15, -0.1) is 0 Å². The first-order valence-corrected chi connectivity index (χ1v) is 7.24. The van der Waals surface area contributed by atoms with E-state index in [0.717, 1.165) is 18.4 Å². The minimum Gasteiger partial charge on any atom is -0.309 e. The molecule has 2 aromatic rings. The summed E-state index contributed by atoms with van der Waals surface area (Å²) in [5.41, 5.74) is 3.59. The molecule has 0 saturated carbocycles. The van der Waals surface area contributed by atoms with Crippen molar-refractivity contribution in [3.05, 3.63) is 74.3 Å². The maximum Gasteiger partial charge on any atom is 0.269 e. The lowest BCUT2D eigenvalue weighted by Gasteiger charge is -2.12. The summed E-state index contributed by atoms with van der Waals surface area (Å²) in [7, 11) is 0. The quantitative estimate of drug-likeness (QED) is 0.694. The highest BCUT2D eigenvalue weighted by molar-refractivity contribution is 6.31. The molecular formula is C16H15ClN2O2. The summed E-state index contributed by atoms with van der Waals surface area (Å²) < 4.78 is 0. The van der Waals surface area contributed by atoms with Gasteiger partial charge in [0.15, 0.2) is 0 Å². The second-order valence-corrected chi connectivity index (χ2v) is 5.69. The lowest BCUT2D eigenvalue weighted by atomic mass is 10.1. The van der Waals surface area contributed by atoms with Crippen molar-refractivity contribution >= 4 is 17.3 Å². The number of benzene rings is 2. The number of nitro groups is 1. The Kier molecular flexibility index (Phi) is 3.90. The molecule has 0 unspecified atom stereocenters. The van der Waals surface area contributed by atoms with E-state index < -0.39 is 4.92 Å². The zero-order valence-corrected chi connectivity index (χ0v) is 12.1. The highest BCUT2D eigenvalue weighted by Crippen LogP contribution is 2.24. The second-order valence-electron chi connectivity index (χ2n) is 5.29. The zero-order valence-electron chi connectivity index (χ0n) is 11.4. The molecule has 0 radical (unpaired) electrons. The van der Waals surface area contributed by atoms with E-state index in [-0.39, 0.29) is 5.69 Å². The van der Waals surface area contributed by atoms with Crippen molar-refractivity contribution in [2.24, 2.45) is 0 Å². The van der Waals surface area contributed by atoms with Gasteiger partial charge in [0.1, 0.15) is 0 Å². The normalized spacial score (nSPS) is 14.1. The van der Waals surface area contributed by atoms with E-state index >= 15 is 0 Å². The van der Waals surface area contributed by atoms with Gasteiger partial charge in [0, 0.05) is 29.7 Å². The van der Waals surface area contributed by atoms with Gasteiger partial charge in [-0.3, -0.25) is 10.1 Å². The fourth-order valence-electron chi connectivity index (χ4n) is 2.77. The molecule has 3 rings (SSSR count). The Morgan fingerprint density at radius 2 is 1.86 bits per heavy atom. The third-order valence-corrected chi connectivity index (χ3v) is 4.24. The number of fused-ring (bicyclic) bond motifs is 1. The number of hydrogen-bond acceptors (Lipinski definition) is 3. The Balaban J connectivity index is 1.67. The summed E-state index contributed by atoms with van der Waals surface area (Å²) in [6.45, 7) is 0.541. The summed E-state index contributed by atoms with van der Waals surface area (Å²) in [5, 5.41) is 14.8. The van der Waals surface area contributed by atoms with Crippen LogP contribution < -0.4 is 5.32 Å². The molecule has 4 nitrogen and oxygen atoms in total. The Bertz CT molecular complexity index is 663. The topological polar surface area (TPSA) is 55.2 Å². The van der Waals surface area contributed by atoms with E-state index in [1.54, 1.807) is 6.07 Å². The minimum atomic E-state index is -0.398. The Morgan fingerprint density at radius 3 is 2.48 bits per heavy atom. The van der Waals surface area contributed by atoms with Gasteiger partial charge in [-0.2, -0.15) is 0 Å². The molecule has 5 heteroatoms. The number of hydrogen-bond donors (Lipinski definition) is 1. The first-order chi connectivity index (χ1) is 10.1. The summed E-state index contributed by atoms with van der Waals surface area (Å²) in [4.78, 5) is 10.4. The van der Waals surface area contributed by atoms with Crippen molar-refractivity contribution in [2.75, 3.05) is 0 Å². The van der Waals surface area contributed by atoms with Crippen molar-refractivity contribution in [1.82, 2.24) is 5.32 Å². The molecule has 1 aliphatic rings. The van der Waals surface area contributed by atoms with Gasteiger partial charge >= 0.3 is 0 Å². The largest absolute Gasteiger partial charge is 0.309 e. The SMILES string of the molecule is O=[N+]([O-])c1ccc(Cl)c(CNC2Cc3ccccc3C2)c1. The molecule has 0 atom stereocenters. The average molecular weight is 303 g/mol. The number of nitro benzene ring substituents is 1. The van der Waals surface area contributed by atoms with Crippen LogP contribution in [0.3, 0.4) is 0 Å². The van der Waals surface area contributed by atoms with Gasteiger partial charge < -0.3 is 5.32 Å². The first-order valence-electron chi connectivity index (χ1n) is 6.86. The van der Waals surface area contributed by atoms with Crippen LogP contribution in [0, 0.1) is 10.1 Å². The van der Waals surface area contributed by atoms with Crippen LogP contribution >= 0.6 is 11.6 Å². The molecule has 0 heterocycles. The van der Waals surface area contributed by atoms with E-state index in [2.05, 4.69) is 29.6 Å². The van der Waals surface area contributed by atoms with Crippen LogP contribution in [-0.4, -0.2) is 11.0 Å². The fraction of sp³-hybridized carbons (Fsp3) is 0.250. The lowest BCUT2D eigenvalue weighted by Crippen LogP contribution is -2.29. The maximum absolute atomic E-state index is 10.8. The van der Waals surface area contributed by atoms with Crippen LogP contribution in [0.25, 0.3) is 0 Å². The van der Waals surface area contributed by atoms with Crippen LogP contribution in [0.1, 0.15) is 16.7 Å². The predicted octanol–water partition coefficient (Wildman–Crippen LogP) is 3.51. The molecule has 0 saturated heterocycles. The molecule has 1 aliphatic carbocycles. The number of halogens is 1. The third kappa shape index (κ3) is 3.06. The van der Waals surface area contributed by atoms with Gasteiger partial charge in [-0.05, 0) is 35.6 Å². The van der Waals surface area contributed by atoms with Crippen LogP contribution in [0.15, 0.2) is 42.5 Å².